The van der Waals surface area contributed by atoms with Gasteiger partial charge in [0.05, 0.1) is 0 Å². The predicted molar refractivity (Wildman–Crippen MR) is 146 cm³/mol. The molecule has 0 bridgehead atoms. The van der Waals surface area contributed by atoms with Crippen molar-refractivity contribution in [1.82, 2.24) is 0 Å². The van der Waals surface area contributed by atoms with E-state index in [1.54, 1.807) is 116 Å². The van der Waals surface area contributed by atoms with Crippen LogP contribution in [0, 0.1) is 107 Å². The molecular formula is C36H54. The van der Waals surface area contributed by atoms with Gasteiger partial charge < -0.3 is 0 Å². The maximum Gasteiger partial charge on any atom is -0.0315 e. The third-order valence-electron chi connectivity index (χ3n) is 17.0. The molecule has 0 aromatic heterocycles. The second-order valence-corrected chi connectivity index (χ2v) is 17.0. The Balaban J connectivity index is 1.13. The second kappa shape index (κ2) is 7.80. The van der Waals surface area contributed by atoms with Crippen LogP contribution in [-0.2, 0) is 0 Å². The van der Waals surface area contributed by atoms with Crippen molar-refractivity contribution in [2.45, 2.75) is 116 Å². The van der Waals surface area contributed by atoms with Crippen molar-refractivity contribution >= 4 is 0 Å². The lowest BCUT2D eigenvalue weighted by Crippen LogP contribution is -2.70. The SMILES string of the molecule is C1CCC2C(C1)C1CCCC3C4CCC5C6CCCCC6C6CCCC7C8CCC2C(C13)C8C4C5C67. The molecule has 0 aliphatic heterocycles. The van der Waals surface area contributed by atoms with Crippen LogP contribution in [-0.4, -0.2) is 0 Å². The molecule has 0 aromatic rings. The Kier molecular flexibility index (Phi) is 4.72. The van der Waals surface area contributed by atoms with E-state index in [1.807, 2.05) is 0 Å². The molecule has 0 amide bonds. The van der Waals surface area contributed by atoms with Crippen LogP contribution in [0.2, 0.25) is 0 Å². The quantitative estimate of drug-likeness (QED) is 0.320. The highest BCUT2D eigenvalue weighted by molar-refractivity contribution is 5.19. The zero-order chi connectivity index (χ0) is 23.1. The summed E-state index contributed by atoms with van der Waals surface area (Å²) in [5.74, 6) is 21.4. The maximum atomic E-state index is 1.69. The largest absolute Gasteiger partial charge is 0.0530 e. The molecule has 0 N–H and O–H groups in total. The van der Waals surface area contributed by atoms with E-state index in [4.69, 9.17) is 0 Å². The van der Waals surface area contributed by atoms with Crippen LogP contribution in [0.25, 0.3) is 0 Å². The minimum Gasteiger partial charge on any atom is -0.0530 e. The van der Waals surface area contributed by atoms with E-state index in [0.29, 0.717) is 0 Å². The average molecular weight is 487 g/mol. The summed E-state index contributed by atoms with van der Waals surface area (Å²) in [5, 5.41) is 0. The maximum absolute atomic E-state index is 1.69. The summed E-state index contributed by atoms with van der Waals surface area (Å²) in [4.78, 5) is 0. The van der Waals surface area contributed by atoms with E-state index in [2.05, 4.69) is 0 Å². The molecule has 0 heteroatoms. The Bertz CT molecular complexity index is 816. The molecule has 0 saturated heterocycles. The average Bonchev–Trinajstić information content (AvgIpc) is 2.95. The van der Waals surface area contributed by atoms with E-state index in [0.717, 1.165) is 0 Å². The minimum atomic E-state index is 1.17. The molecule has 18 atom stereocenters. The van der Waals surface area contributed by atoms with Gasteiger partial charge in [0, 0.05) is 0 Å². The second-order valence-electron chi connectivity index (χ2n) is 17.0. The van der Waals surface area contributed by atoms with Gasteiger partial charge in [-0.15, -0.1) is 0 Å². The highest BCUT2D eigenvalue weighted by atomic mass is 14.8. The summed E-state index contributed by atoms with van der Waals surface area (Å²) < 4.78 is 0. The molecule has 10 saturated carbocycles. The summed E-state index contributed by atoms with van der Waals surface area (Å²) in [5.41, 5.74) is 0. The Morgan fingerprint density at radius 2 is 0.389 bits per heavy atom. The molecule has 0 heterocycles. The molecule has 0 radical (unpaired) electrons. The number of hydrogen-bond donors (Lipinski definition) is 0. The zero-order valence-corrected chi connectivity index (χ0v) is 23.1. The van der Waals surface area contributed by atoms with E-state index >= 15 is 0 Å². The van der Waals surface area contributed by atoms with Crippen molar-refractivity contribution in [1.29, 1.82) is 0 Å². The van der Waals surface area contributed by atoms with Crippen molar-refractivity contribution in [2.24, 2.45) is 107 Å². The summed E-state index contributed by atoms with van der Waals surface area (Å²) in [6.07, 6.45) is 29.6. The van der Waals surface area contributed by atoms with Crippen molar-refractivity contribution in [3.05, 3.63) is 0 Å². The molecule has 36 heavy (non-hydrogen) atoms. The first kappa shape index (κ1) is 21.8. The van der Waals surface area contributed by atoms with Gasteiger partial charge in [0.1, 0.15) is 0 Å². The first-order valence-corrected chi connectivity index (χ1v) is 17.9. The van der Waals surface area contributed by atoms with Gasteiger partial charge >= 0.3 is 0 Å². The monoisotopic (exact) mass is 486 g/mol. The van der Waals surface area contributed by atoms with E-state index < -0.39 is 0 Å². The lowest BCUT2D eigenvalue weighted by molar-refractivity contribution is -0.278. The van der Waals surface area contributed by atoms with Gasteiger partial charge in [-0.3, -0.25) is 0 Å². The van der Waals surface area contributed by atoms with Crippen LogP contribution in [0.5, 0.6) is 0 Å². The Labute approximate surface area is 221 Å². The molecule has 10 fully saturated rings. The third-order valence-corrected chi connectivity index (χ3v) is 17.0. The van der Waals surface area contributed by atoms with E-state index in [-0.39, 0.29) is 0 Å². The topological polar surface area (TPSA) is 0 Å². The van der Waals surface area contributed by atoms with Gasteiger partial charge in [0.25, 0.3) is 0 Å². The molecule has 0 nitrogen and oxygen atoms in total. The molecule has 18 unspecified atom stereocenters. The number of fused-ring (bicyclic) bond motifs is 8. The van der Waals surface area contributed by atoms with Gasteiger partial charge in [-0.05, 0) is 184 Å². The third kappa shape index (κ3) is 2.57. The van der Waals surface area contributed by atoms with Crippen LogP contribution in [0.15, 0.2) is 0 Å². The standard InChI is InChI=1S/C36H54/c1-3-9-21-19(7-1)23-11-5-13-25-29-18-16-28-22-10-4-2-8-20(22)24-12-6-14-26-30-17-15-27(21)33(31(23)25)35(30)36(29)34(28)32(24)26/h19-36H,1-18H2. The van der Waals surface area contributed by atoms with Gasteiger partial charge in [0.15, 0.2) is 0 Å². The summed E-state index contributed by atoms with van der Waals surface area (Å²) in [7, 11) is 0. The van der Waals surface area contributed by atoms with Crippen molar-refractivity contribution in [3.63, 3.8) is 0 Å². The smallest absolute Gasteiger partial charge is 0.0315 e. The van der Waals surface area contributed by atoms with Crippen LogP contribution in [0.3, 0.4) is 0 Å². The van der Waals surface area contributed by atoms with Crippen molar-refractivity contribution < 1.29 is 0 Å². The van der Waals surface area contributed by atoms with Crippen LogP contribution >= 0.6 is 0 Å². The Morgan fingerprint density at radius 1 is 0.167 bits per heavy atom. The van der Waals surface area contributed by atoms with Gasteiger partial charge in [-0.2, -0.15) is 0 Å². The molecule has 0 aromatic carbocycles. The molecule has 10 aliphatic rings. The first-order valence-electron chi connectivity index (χ1n) is 17.9. The minimum absolute atomic E-state index is 1.17. The van der Waals surface area contributed by atoms with Crippen LogP contribution in [0.4, 0.5) is 0 Å². The molecule has 0 spiro atoms. The highest BCUT2D eigenvalue weighted by Gasteiger charge is 2.71. The Hall–Kier alpha value is 0. The summed E-state index contributed by atoms with van der Waals surface area (Å²) in [6, 6.07) is 0. The van der Waals surface area contributed by atoms with Gasteiger partial charge in [-0.25, -0.2) is 0 Å². The predicted octanol–water partition coefficient (Wildman–Crippen LogP) is 9.24. The lowest BCUT2D eigenvalue weighted by atomic mass is 9.29. The molecule has 198 valence electrons. The highest BCUT2D eigenvalue weighted by Crippen LogP contribution is 2.77. The molecule has 10 aliphatic carbocycles. The number of rotatable bonds is 0. The normalized spacial score (nSPS) is 66.0. The first-order chi connectivity index (χ1) is 17.9. The van der Waals surface area contributed by atoms with Crippen molar-refractivity contribution in [3.8, 4) is 0 Å². The lowest BCUT2D eigenvalue weighted by Gasteiger charge is -2.76. The van der Waals surface area contributed by atoms with Crippen LogP contribution in [0.1, 0.15) is 116 Å². The fourth-order valence-corrected chi connectivity index (χ4v) is 17.1. The van der Waals surface area contributed by atoms with Gasteiger partial charge in [-0.1, -0.05) is 38.5 Å². The fourth-order valence-electron chi connectivity index (χ4n) is 17.1. The van der Waals surface area contributed by atoms with Crippen LogP contribution < -0.4 is 0 Å². The van der Waals surface area contributed by atoms with Gasteiger partial charge in [0.2, 0.25) is 0 Å². The summed E-state index contributed by atoms with van der Waals surface area (Å²) in [6.45, 7) is 0. The summed E-state index contributed by atoms with van der Waals surface area (Å²) >= 11 is 0. The molecular weight excluding hydrogens is 432 g/mol. The zero-order valence-electron chi connectivity index (χ0n) is 23.1. The van der Waals surface area contributed by atoms with Crippen molar-refractivity contribution in [2.75, 3.05) is 0 Å². The number of hydrogen-bond acceptors (Lipinski definition) is 0. The fraction of sp³-hybridized carbons (Fsp3) is 1.00. The van der Waals surface area contributed by atoms with E-state index in [1.165, 1.54) is 107 Å². The Morgan fingerprint density at radius 3 is 0.750 bits per heavy atom. The van der Waals surface area contributed by atoms with E-state index in [9.17, 15) is 0 Å². The molecule has 10 rings (SSSR count).